The van der Waals surface area contributed by atoms with Crippen molar-refractivity contribution in [2.75, 3.05) is 18.1 Å². The number of anilines is 1. The van der Waals surface area contributed by atoms with Crippen molar-refractivity contribution >= 4 is 27.7 Å². The molecule has 0 radical (unpaired) electrons. The van der Waals surface area contributed by atoms with Gasteiger partial charge >= 0.3 is 0 Å². The molecule has 1 fully saturated rings. The molecule has 28 heavy (non-hydrogen) atoms. The molecule has 4 aromatic rings. The third-order valence-corrected chi connectivity index (χ3v) is 5.29. The summed E-state index contributed by atoms with van der Waals surface area (Å²) in [7, 11) is 0. The minimum atomic E-state index is -0.145. The van der Waals surface area contributed by atoms with Crippen molar-refractivity contribution < 1.29 is 9.52 Å². The Hall–Kier alpha value is -3.26. The molecule has 142 valence electrons. The van der Waals surface area contributed by atoms with Gasteiger partial charge in [-0.25, -0.2) is 4.98 Å². The van der Waals surface area contributed by atoms with Crippen molar-refractivity contribution in [1.82, 2.24) is 19.7 Å². The Morgan fingerprint density at radius 3 is 3.04 bits per heavy atom. The van der Waals surface area contributed by atoms with E-state index in [0.29, 0.717) is 28.1 Å². The van der Waals surface area contributed by atoms with E-state index in [-0.39, 0.29) is 24.8 Å². The number of hydrogen-bond acceptors (Lipinski definition) is 7. The lowest BCUT2D eigenvalue weighted by Gasteiger charge is -2.27. The van der Waals surface area contributed by atoms with Crippen LogP contribution in [0.15, 0.2) is 52.0 Å². The molecule has 1 aliphatic rings. The smallest absolute Gasteiger partial charge is 0.261 e. The first-order valence-electron chi connectivity index (χ1n) is 9.34. The van der Waals surface area contributed by atoms with Crippen LogP contribution in [0.25, 0.3) is 21.9 Å². The minimum Gasteiger partial charge on any atom is -0.460 e. The first-order chi connectivity index (χ1) is 13.8. The normalized spacial score (nSPS) is 17.0. The summed E-state index contributed by atoms with van der Waals surface area (Å²) in [5, 5.41) is 19.4. The second-order valence-electron chi connectivity index (χ2n) is 6.89. The molecule has 1 N–H and O–H groups in total. The monoisotopic (exact) mass is 377 g/mol. The SMILES string of the molecule is O=c1c2ccccc2nc(C2CCCN2c2nncc3ccoc23)n1CCO. The summed E-state index contributed by atoms with van der Waals surface area (Å²) in [6, 6.07) is 9.02. The summed E-state index contributed by atoms with van der Waals surface area (Å²) in [5.41, 5.74) is 1.20. The van der Waals surface area contributed by atoms with Crippen molar-refractivity contribution in [2.24, 2.45) is 0 Å². The van der Waals surface area contributed by atoms with Gasteiger partial charge in [0.25, 0.3) is 5.56 Å². The third-order valence-electron chi connectivity index (χ3n) is 5.29. The number of aromatic nitrogens is 4. The highest BCUT2D eigenvalue weighted by Gasteiger charge is 2.33. The summed E-state index contributed by atoms with van der Waals surface area (Å²) in [6.45, 7) is 0.834. The Kier molecular flexibility index (Phi) is 4.05. The molecular weight excluding hydrogens is 358 g/mol. The predicted octanol–water partition coefficient (Wildman–Crippen LogP) is 2.27. The van der Waals surface area contributed by atoms with Crippen molar-refractivity contribution in [1.29, 1.82) is 0 Å². The maximum atomic E-state index is 13.1. The number of aliphatic hydroxyl groups excluding tert-OH is 1. The number of rotatable bonds is 4. The molecule has 8 heteroatoms. The van der Waals surface area contributed by atoms with E-state index in [2.05, 4.69) is 15.1 Å². The lowest BCUT2D eigenvalue weighted by molar-refractivity contribution is 0.270. The summed E-state index contributed by atoms with van der Waals surface area (Å²) in [5.74, 6) is 1.29. The number of hydrogen-bond donors (Lipinski definition) is 1. The molecule has 0 spiro atoms. The Morgan fingerprint density at radius 1 is 1.25 bits per heavy atom. The maximum absolute atomic E-state index is 13.1. The largest absolute Gasteiger partial charge is 0.460 e. The van der Waals surface area contributed by atoms with Crippen molar-refractivity contribution in [3.8, 4) is 0 Å². The van der Waals surface area contributed by atoms with Gasteiger partial charge in [0.15, 0.2) is 11.4 Å². The van der Waals surface area contributed by atoms with E-state index in [1.807, 2.05) is 24.3 Å². The fourth-order valence-corrected chi connectivity index (χ4v) is 4.03. The van der Waals surface area contributed by atoms with Crippen LogP contribution in [0.2, 0.25) is 0 Å². The molecule has 0 amide bonds. The highest BCUT2D eigenvalue weighted by atomic mass is 16.3. The summed E-state index contributed by atoms with van der Waals surface area (Å²) < 4.78 is 7.23. The number of para-hydroxylation sites is 1. The summed E-state index contributed by atoms with van der Waals surface area (Å²) >= 11 is 0. The van der Waals surface area contributed by atoms with E-state index < -0.39 is 0 Å². The fourth-order valence-electron chi connectivity index (χ4n) is 4.03. The van der Waals surface area contributed by atoms with E-state index in [1.54, 1.807) is 23.1 Å². The standard InChI is InChI=1S/C20H19N5O3/c26-10-9-25-18(22-15-5-2-1-4-14(15)20(25)27)16-6-3-8-24(16)19-17-13(7-11-28-17)12-21-23-19/h1-2,4-5,7,11-12,16,26H,3,6,8-10H2. The van der Waals surface area contributed by atoms with Crippen LogP contribution in [0.1, 0.15) is 24.7 Å². The second kappa shape index (κ2) is 6.72. The van der Waals surface area contributed by atoms with Crippen LogP contribution in [-0.4, -0.2) is 38.0 Å². The first kappa shape index (κ1) is 16.9. The van der Waals surface area contributed by atoms with E-state index in [4.69, 9.17) is 9.40 Å². The molecule has 8 nitrogen and oxygen atoms in total. The average molecular weight is 377 g/mol. The molecule has 4 heterocycles. The van der Waals surface area contributed by atoms with Crippen LogP contribution < -0.4 is 10.5 Å². The maximum Gasteiger partial charge on any atom is 0.261 e. The number of fused-ring (bicyclic) bond motifs is 2. The van der Waals surface area contributed by atoms with Gasteiger partial charge in [0, 0.05) is 11.9 Å². The van der Waals surface area contributed by atoms with Gasteiger partial charge in [0.05, 0.1) is 42.6 Å². The highest BCUT2D eigenvalue weighted by Crippen LogP contribution is 2.37. The van der Waals surface area contributed by atoms with E-state index >= 15 is 0 Å². The van der Waals surface area contributed by atoms with E-state index in [1.165, 1.54) is 0 Å². The van der Waals surface area contributed by atoms with Gasteiger partial charge in [-0.05, 0) is 31.0 Å². The van der Waals surface area contributed by atoms with Gasteiger partial charge in [0.1, 0.15) is 5.82 Å². The quantitative estimate of drug-likeness (QED) is 0.583. The molecule has 1 aromatic carbocycles. The molecule has 1 aliphatic heterocycles. The Balaban J connectivity index is 1.69. The topological polar surface area (TPSA) is 97.3 Å². The second-order valence-corrected chi connectivity index (χ2v) is 6.89. The van der Waals surface area contributed by atoms with Crippen molar-refractivity contribution in [3.63, 3.8) is 0 Å². The van der Waals surface area contributed by atoms with Crippen LogP contribution in [0.4, 0.5) is 5.82 Å². The summed E-state index contributed by atoms with van der Waals surface area (Å²) in [6.07, 6.45) is 5.06. The molecule has 5 rings (SSSR count). The van der Waals surface area contributed by atoms with E-state index in [9.17, 15) is 9.90 Å². The van der Waals surface area contributed by atoms with Gasteiger partial charge in [-0.2, -0.15) is 5.10 Å². The summed E-state index contributed by atoms with van der Waals surface area (Å²) in [4.78, 5) is 20.0. The molecule has 1 atom stereocenters. The fraction of sp³-hybridized carbons (Fsp3) is 0.300. The van der Waals surface area contributed by atoms with Crippen LogP contribution in [-0.2, 0) is 6.54 Å². The number of benzene rings is 1. The highest BCUT2D eigenvalue weighted by molar-refractivity contribution is 5.86. The van der Waals surface area contributed by atoms with E-state index in [0.717, 1.165) is 24.8 Å². The Labute approximate surface area is 160 Å². The molecule has 1 unspecified atom stereocenters. The van der Waals surface area contributed by atoms with Gasteiger partial charge in [-0.3, -0.25) is 9.36 Å². The zero-order chi connectivity index (χ0) is 19.1. The van der Waals surface area contributed by atoms with Crippen LogP contribution in [0.5, 0.6) is 0 Å². The van der Waals surface area contributed by atoms with Gasteiger partial charge in [-0.15, -0.1) is 5.10 Å². The lowest BCUT2D eigenvalue weighted by atomic mass is 10.1. The number of aliphatic hydroxyl groups is 1. The lowest BCUT2D eigenvalue weighted by Crippen LogP contribution is -2.33. The average Bonchev–Trinajstić information content (AvgIpc) is 3.39. The van der Waals surface area contributed by atoms with Gasteiger partial charge in [-0.1, -0.05) is 12.1 Å². The van der Waals surface area contributed by atoms with Crippen LogP contribution in [0.3, 0.4) is 0 Å². The molecule has 3 aromatic heterocycles. The molecule has 0 bridgehead atoms. The van der Waals surface area contributed by atoms with Gasteiger partial charge in [0.2, 0.25) is 0 Å². The number of nitrogens with zero attached hydrogens (tertiary/aromatic N) is 5. The number of furan rings is 1. The predicted molar refractivity (Wildman–Crippen MR) is 104 cm³/mol. The molecular formula is C20H19N5O3. The van der Waals surface area contributed by atoms with Crippen LogP contribution in [0, 0.1) is 0 Å². The van der Waals surface area contributed by atoms with Crippen LogP contribution >= 0.6 is 0 Å². The molecule has 1 saturated heterocycles. The Bertz CT molecular complexity index is 1220. The third kappa shape index (κ3) is 2.56. The first-order valence-corrected chi connectivity index (χ1v) is 9.34. The van der Waals surface area contributed by atoms with Crippen molar-refractivity contribution in [3.05, 3.63) is 59.0 Å². The van der Waals surface area contributed by atoms with Crippen molar-refractivity contribution in [2.45, 2.75) is 25.4 Å². The molecule has 0 aliphatic carbocycles. The zero-order valence-electron chi connectivity index (χ0n) is 15.2. The Morgan fingerprint density at radius 2 is 2.14 bits per heavy atom. The van der Waals surface area contributed by atoms with Gasteiger partial charge < -0.3 is 14.4 Å². The minimum absolute atomic E-state index is 0.132. The zero-order valence-corrected chi connectivity index (χ0v) is 15.2. The molecule has 0 saturated carbocycles.